The number of piperidine rings is 1. The van der Waals surface area contributed by atoms with Crippen molar-refractivity contribution >= 4 is 40.5 Å². The molecule has 1 saturated heterocycles. The van der Waals surface area contributed by atoms with E-state index in [9.17, 15) is 23.2 Å². The monoisotopic (exact) mass is 679 g/mol. The largest absolute Gasteiger partial charge is 0.493 e. The zero-order valence-electron chi connectivity index (χ0n) is 24.7. The fourth-order valence-corrected chi connectivity index (χ4v) is 5.72. The lowest BCUT2D eigenvalue weighted by Gasteiger charge is -2.31. The van der Waals surface area contributed by atoms with Gasteiger partial charge in [-0.05, 0) is 54.3 Å². The molecule has 1 aliphatic heterocycles. The van der Waals surface area contributed by atoms with Gasteiger partial charge in [0.25, 0.3) is 5.56 Å². The number of benzene rings is 3. The normalized spacial score (nSPS) is 13.8. The van der Waals surface area contributed by atoms with E-state index in [0.29, 0.717) is 53.0 Å². The number of amides is 1. The Morgan fingerprint density at radius 1 is 0.935 bits per heavy atom. The van der Waals surface area contributed by atoms with Crippen LogP contribution < -0.4 is 25.5 Å². The Bertz CT molecular complexity index is 1860. The lowest BCUT2D eigenvalue weighted by Crippen LogP contribution is -2.44. The second-order valence-corrected chi connectivity index (χ2v) is 11.6. The van der Waals surface area contributed by atoms with Gasteiger partial charge in [0.1, 0.15) is 20.0 Å². The van der Waals surface area contributed by atoms with Crippen LogP contribution in [-0.2, 0) is 17.9 Å². The smallest absolute Gasteiger partial charge is 0.332 e. The molecule has 9 nitrogen and oxygen atoms in total. The molecule has 1 aliphatic rings. The first-order valence-electron chi connectivity index (χ1n) is 14.4. The van der Waals surface area contributed by atoms with Crippen molar-refractivity contribution in [3.05, 3.63) is 96.4 Å². The van der Waals surface area contributed by atoms with Gasteiger partial charge in [-0.1, -0.05) is 35.3 Å². The molecule has 0 spiro atoms. The number of halogens is 5. The van der Waals surface area contributed by atoms with Crippen molar-refractivity contribution in [1.82, 2.24) is 14.0 Å². The number of hydrogen-bond acceptors (Lipinski definition) is 6. The van der Waals surface area contributed by atoms with E-state index in [0.717, 1.165) is 28.7 Å². The van der Waals surface area contributed by atoms with E-state index in [1.807, 2.05) is 0 Å². The van der Waals surface area contributed by atoms with Crippen molar-refractivity contribution in [3.63, 3.8) is 0 Å². The molecular weight excluding hydrogens is 650 g/mol. The predicted molar refractivity (Wildman–Crippen MR) is 168 cm³/mol. The number of hydrogen-bond donors (Lipinski definition) is 0. The third-order valence-corrected chi connectivity index (χ3v) is 8.56. The molecule has 0 bridgehead atoms. The summed E-state index contributed by atoms with van der Waals surface area (Å²) in [7, 11) is 1.47. The first-order valence-corrected chi connectivity index (χ1v) is 15.1. The van der Waals surface area contributed by atoms with Gasteiger partial charge >= 0.3 is 5.69 Å². The molecule has 0 atom stereocenters. The summed E-state index contributed by atoms with van der Waals surface area (Å²) in [4.78, 5) is 40.7. The molecule has 3 aromatic carbocycles. The number of methoxy groups -OCH3 is 1. The number of fused-ring (bicyclic) bond motifs is 1. The topological polar surface area (TPSA) is 92.0 Å². The van der Waals surface area contributed by atoms with Crippen LogP contribution in [0.25, 0.3) is 10.9 Å². The molecule has 0 aliphatic carbocycles. The fraction of sp³-hybridized carbons (Fsp3) is 0.344. The first kappa shape index (κ1) is 33.2. The Kier molecular flexibility index (Phi) is 10.5. The second-order valence-electron chi connectivity index (χ2n) is 10.8. The second kappa shape index (κ2) is 14.5. The Morgan fingerprint density at radius 3 is 2.30 bits per heavy atom. The van der Waals surface area contributed by atoms with Crippen LogP contribution in [0.1, 0.15) is 30.0 Å². The fourth-order valence-electron chi connectivity index (χ4n) is 5.40. The number of rotatable bonds is 12. The number of carbonyl (C=O) groups is 1. The molecule has 0 radical (unpaired) electrons. The van der Waals surface area contributed by atoms with Crippen LogP contribution in [0.4, 0.5) is 13.2 Å². The highest BCUT2D eigenvalue weighted by molar-refractivity contribution is 6.42. The summed E-state index contributed by atoms with van der Waals surface area (Å²) in [5.74, 6) is -0.752. The van der Waals surface area contributed by atoms with Crippen LogP contribution in [0.15, 0.2) is 58.1 Å². The third kappa shape index (κ3) is 6.97. The predicted octanol–water partition coefficient (Wildman–Crippen LogP) is 5.72. The summed E-state index contributed by atoms with van der Waals surface area (Å²) in [6, 6.07) is 11.6. The maximum Gasteiger partial charge on any atom is 0.332 e. The number of nitrogens with zero attached hydrogens (tertiary/aromatic N) is 3. The molecule has 244 valence electrons. The summed E-state index contributed by atoms with van der Waals surface area (Å²) >= 11 is 12.1. The van der Waals surface area contributed by atoms with Crippen molar-refractivity contribution in [1.29, 1.82) is 0 Å². The average molecular weight is 681 g/mol. The van der Waals surface area contributed by atoms with Gasteiger partial charge in [-0.2, -0.15) is 0 Å². The minimum atomic E-state index is -1.56. The number of carbonyl (C=O) groups excluding carboxylic acids is 1. The van der Waals surface area contributed by atoms with Crippen molar-refractivity contribution < 1.29 is 32.2 Å². The van der Waals surface area contributed by atoms with Crippen LogP contribution in [0, 0.1) is 5.82 Å². The zero-order valence-corrected chi connectivity index (χ0v) is 26.2. The van der Waals surface area contributed by atoms with Gasteiger partial charge in [-0.25, -0.2) is 18.0 Å². The average Bonchev–Trinajstić information content (AvgIpc) is 3.07. The van der Waals surface area contributed by atoms with E-state index < -0.39 is 48.3 Å². The van der Waals surface area contributed by atoms with Gasteiger partial charge < -0.3 is 19.1 Å². The van der Waals surface area contributed by atoms with Gasteiger partial charge in [-0.15, -0.1) is 0 Å². The lowest BCUT2D eigenvalue weighted by atomic mass is 10.0. The number of likely N-dealkylation sites (tertiary alicyclic amines) is 1. The molecule has 0 saturated carbocycles. The highest BCUT2D eigenvalue weighted by Crippen LogP contribution is 2.31. The standard InChI is InChI=1S/C32H30Cl2F3N3O6/c1-44-28-5-3-19(11-30(28)45-17-20-2-4-24(33)25(34)10-20)16-39-31(42)23-12-29(46-22(14-35)15-36)26(37)13-27(23)40(32(39)43)21-6-8-38(18-41)9-7-21/h2-5,10-13,18,21-22H,6-9,14-17H2,1H3. The van der Waals surface area contributed by atoms with Crippen LogP contribution in [0.2, 0.25) is 10.0 Å². The number of ether oxygens (including phenoxy) is 3. The molecule has 4 aromatic rings. The Labute approximate surface area is 271 Å². The van der Waals surface area contributed by atoms with Crippen molar-refractivity contribution in [2.75, 3.05) is 33.5 Å². The molecule has 5 rings (SSSR count). The van der Waals surface area contributed by atoms with Crippen LogP contribution in [0.3, 0.4) is 0 Å². The Hall–Kier alpha value is -4.16. The maximum absolute atomic E-state index is 15.2. The molecule has 1 aromatic heterocycles. The van der Waals surface area contributed by atoms with E-state index in [4.69, 9.17) is 37.4 Å². The Balaban J connectivity index is 1.57. The van der Waals surface area contributed by atoms with Gasteiger partial charge in [0, 0.05) is 25.2 Å². The summed E-state index contributed by atoms with van der Waals surface area (Å²) in [6.45, 7) is -1.78. The summed E-state index contributed by atoms with van der Waals surface area (Å²) in [5, 5.41) is 0.692. The van der Waals surface area contributed by atoms with Gasteiger partial charge in [0.05, 0.1) is 34.6 Å². The van der Waals surface area contributed by atoms with E-state index in [-0.39, 0.29) is 24.1 Å². The SMILES string of the molecule is COc1ccc(Cn2c(=O)c3cc(OC(CF)CF)c(F)cc3n(C3CCN(C=O)CC3)c2=O)cc1OCc1ccc(Cl)c(Cl)c1. The van der Waals surface area contributed by atoms with E-state index in [1.54, 1.807) is 41.3 Å². The highest BCUT2D eigenvalue weighted by Gasteiger charge is 2.26. The summed E-state index contributed by atoms with van der Waals surface area (Å²) in [5.41, 5.74) is -0.172. The molecule has 0 unspecified atom stereocenters. The van der Waals surface area contributed by atoms with Crippen molar-refractivity contribution in [3.8, 4) is 17.2 Å². The van der Waals surface area contributed by atoms with Crippen molar-refractivity contribution in [2.45, 2.75) is 38.1 Å². The molecule has 1 amide bonds. The summed E-state index contributed by atoms with van der Waals surface area (Å²) in [6.07, 6.45) is -0.0766. The molecule has 14 heteroatoms. The van der Waals surface area contributed by atoms with Gasteiger partial charge in [-0.3, -0.25) is 18.7 Å². The molecule has 1 fully saturated rings. The zero-order chi connectivity index (χ0) is 33.0. The minimum absolute atomic E-state index is 0.0121. The van der Waals surface area contributed by atoms with E-state index in [1.165, 1.54) is 11.7 Å². The Morgan fingerprint density at radius 2 is 1.65 bits per heavy atom. The van der Waals surface area contributed by atoms with Crippen LogP contribution in [0.5, 0.6) is 17.2 Å². The van der Waals surface area contributed by atoms with Gasteiger partial charge in [0.15, 0.2) is 29.2 Å². The first-order chi connectivity index (χ1) is 22.2. The van der Waals surface area contributed by atoms with Crippen LogP contribution in [-0.4, -0.2) is 60.1 Å². The van der Waals surface area contributed by atoms with E-state index >= 15 is 4.39 Å². The van der Waals surface area contributed by atoms with E-state index in [2.05, 4.69) is 0 Å². The van der Waals surface area contributed by atoms with Crippen LogP contribution >= 0.6 is 23.2 Å². The van der Waals surface area contributed by atoms with Crippen molar-refractivity contribution in [2.24, 2.45) is 0 Å². The maximum atomic E-state index is 15.2. The molecule has 2 heterocycles. The third-order valence-electron chi connectivity index (χ3n) is 7.82. The lowest BCUT2D eigenvalue weighted by molar-refractivity contribution is -0.119. The quantitative estimate of drug-likeness (QED) is 0.178. The molecule has 0 N–H and O–H groups in total. The van der Waals surface area contributed by atoms with Gasteiger partial charge in [0.2, 0.25) is 6.41 Å². The molecular formula is C32H30Cl2F3N3O6. The minimum Gasteiger partial charge on any atom is -0.493 e. The number of aromatic nitrogens is 2. The highest BCUT2D eigenvalue weighted by atomic mass is 35.5. The molecule has 46 heavy (non-hydrogen) atoms. The number of alkyl halides is 2. The summed E-state index contributed by atoms with van der Waals surface area (Å²) < 4.78 is 60.6.